The molecule has 0 saturated carbocycles. The lowest BCUT2D eigenvalue weighted by Crippen LogP contribution is -2.54. The summed E-state index contributed by atoms with van der Waals surface area (Å²) in [7, 11) is 0. The molecule has 2 saturated heterocycles. The summed E-state index contributed by atoms with van der Waals surface area (Å²) in [5.74, 6) is 0. The molecular formula is C15H30N2. The van der Waals surface area contributed by atoms with Gasteiger partial charge in [0.2, 0.25) is 0 Å². The van der Waals surface area contributed by atoms with Gasteiger partial charge in [0, 0.05) is 18.1 Å². The smallest absolute Gasteiger partial charge is 0.0252 e. The van der Waals surface area contributed by atoms with Gasteiger partial charge in [-0.25, -0.2) is 0 Å². The van der Waals surface area contributed by atoms with Crippen molar-refractivity contribution in [3.05, 3.63) is 0 Å². The van der Waals surface area contributed by atoms with Crippen LogP contribution in [0.5, 0.6) is 0 Å². The molecule has 0 amide bonds. The van der Waals surface area contributed by atoms with Crippen molar-refractivity contribution in [2.75, 3.05) is 13.1 Å². The first-order valence-corrected chi connectivity index (χ1v) is 7.86. The molecule has 100 valence electrons. The summed E-state index contributed by atoms with van der Waals surface area (Å²) in [4.78, 5) is 2.86. The van der Waals surface area contributed by atoms with Crippen molar-refractivity contribution in [3.8, 4) is 0 Å². The molecule has 0 aromatic carbocycles. The van der Waals surface area contributed by atoms with Gasteiger partial charge in [0.05, 0.1) is 0 Å². The van der Waals surface area contributed by atoms with Crippen LogP contribution in [-0.2, 0) is 0 Å². The molecule has 2 aliphatic rings. The zero-order valence-corrected chi connectivity index (χ0v) is 11.8. The molecule has 17 heavy (non-hydrogen) atoms. The second-order valence-corrected chi connectivity index (χ2v) is 5.85. The summed E-state index contributed by atoms with van der Waals surface area (Å²) < 4.78 is 0. The van der Waals surface area contributed by atoms with Gasteiger partial charge in [-0.05, 0) is 51.6 Å². The van der Waals surface area contributed by atoms with Gasteiger partial charge < -0.3 is 5.32 Å². The highest BCUT2D eigenvalue weighted by atomic mass is 15.2. The van der Waals surface area contributed by atoms with E-state index in [-0.39, 0.29) is 0 Å². The Kier molecular flexibility index (Phi) is 5.30. The highest BCUT2D eigenvalue weighted by Crippen LogP contribution is 2.28. The van der Waals surface area contributed by atoms with Crippen molar-refractivity contribution >= 4 is 0 Å². The lowest BCUT2D eigenvalue weighted by Gasteiger charge is -2.44. The molecule has 2 fully saturated rings. The Hall–Kier alpha value is -0.0800. The van der Waals surface area contributed by atoms with Gasteiger partial charge in [0.1, 0.15) is 0 Å². The molecule has 2 aliphatic heterocycles. The SMILES string of the molecule is CCCC(CC)N1CCCCC1C1CCCN1. The molecule has 3 unspecified atom stereocenters. The lowest BCUT2D eigenvalue weighted by atomic mass is 9.91. The summed E-state index contributed by atoms with van der Waals surface area (Å²) in [6.45, 7) is 7.30. The predicted octanol–water partition coefficient (Wildman–Crippen LogP) is 3.17. The number of piperidine rings is 1. The maximum Gasteiger partial charge on any atom is 0.0252 e. The first-order valence-electron chi connectivity index (χ1n) is 7.86. The van der Waals surface area contributed by atoms with E-state index in [1.54, 1.807) is 0 Å². The highest BCUT2D eigenvalue weighted by Gasteiger charge is 2.34. The van der Waals surface area contributed by atoms with Crippen molar-refractivity contribution in [1.82, 2.24) is 10.2 Å². The van der Waals surface area contributed by atoms with Crippen LogP contribution in [0.1, 0.15) is 65.2 Å². The Morgan fingerprint density at radius 2 is 2.06 bits per heavy atom. The number of rotatable bonds is 5. The van der Waals surface area contributed by atoms with Crippen LogP contribution in [0.4, 0.5) is 0 Å². The van der Waals surface area contributed by atoms with Crippen LogP contribution >= 0.6 is 0 Å². The van der Waals surface area contributed by atoms with Crippen molar-refractivity contribution in [2.45, 2.75) is 83.3 Å². The van der Waals surface area contributed by atoms with Crippen LogP contribution in [0, 0.1) is 0 Å². The molecule has 3 atom stereocenters. The average molecular weight is 238 g/mol. The van der Waals surface area contributed by atoms with Gasteiger partial charge >= 0.3 is 0 Å². The fraction of sp³-hybridized carbons (Fsp3) is 1.00. The largest absolute Gasteiger partial charge is 0.312 e. The molecule has 0 bridgehead atoms. The molecular weight excluding hydrogens is 208 g/mol. The van der Waals surface area contributed by atoms with E-state index in [1.165, 1.54) is 64.5 Å². The first-order chi connectivity index (χ1) is 8.36. The molecule has 0 aromatic heterocycles. The van der Waals surface area contributed by atoms with E-state index in [0.29, 0.717) is 0 Å². The third-order valence-corrected chi connectivity index (χ3v) is 4.72. The quantitative estimate of drug-likeness (QED) is 0.791. The Balaban J connectivity index is 1.99. The van der Waals surface area contributed by atoms with E-state index < -0.39 is 0 Å². The van der Waals surface area contributed by atoms with Gasteiger partial charge in [-0.1, -0.05) is 26.7 Å². The number of hydrogen-bond acceptors (Lipinski definition) is 2. The van der Waals surface area contributed by atoms with E-state index in [4.69, 9.17) is 0 Å². The third kappa shape index (κ3) is 3.23. The van der Waals surface area contributed by atoms with E-state index in [2.05, 4.69) is 24.1 Å². The summed E-state index contributed by atoms with van der Waals surface area (Å²) in [6.07, 6.45) is 11.1. The zero-order valence-electron chi connectivity index (χ0n) is 11.8. The Morgan fingerprint density at radius 1 is 1.18 bits per heavy atom. The van der Waals surface area contributed by atoms with E-state index >= 15 is 0 Å². The number of nitrogens with zero attached hydrogens (tertiary/aromatic N) is 1. The highest BCUT2D eigenvalue weighted by molar-refractivity contribution is 4.92. The maximum absolute atomic E-state index is 3.74. The first kappa shape index (κ1) is 13.4. The molecule has 2 nitrogen and oxygen atoms in total. The normalized spacial score (nSPS) is 32.8. The minimum absolute atomic E-state index is 0.793. The Bertz CT molecular complexity index is 211. The fourth-order valence-electron chi connectivity index (χ4n) is 3.84. The van der Waals surface area contributed by atoms with Crippen LogP contribution in [0.25, 0.3) is 0 Å². The summed E-state index contributed by atoms with van der Waals surface area (Å²) in [5, 5.41) is 3.74. The topological polar surface area (TPSA) is 15.3 Å². The second-order valence-electron chi connectivity index (χ2n) is 5.85. The summed E-state index contributed by atoms with van der Waals surface area (Å²) >= 11 is 0. The number of hydrogen-bond donors (Lipinski definition) is 1. The van der Waals surface area contributed by atoms with E-state index in [1.807, 2.05) is 0 Å². The molecule has 2 heterocycles. The number of likely N-dealkylation sites (tertiary alicyclic amines) is 1. The second kappa shape index (κ2) is 6.75. The van der Waals surface area contributed by atoms with Crippen LogP contribution in [0.15, 0.2) is 0 Å². The van der Waals surface area contributed by atoms with Crippen molar-refractivity contribution in [2.24, 2.45) is 0 Å². The fourth-order valence-corrected chi connectivity index (χ4v) is 3.84. The van der Waals surface area contributed by atoms with Crippen LogP contribution < -0.4 is 5.32 Å². The Morgan fingerprint density at radius 3 is 2.71 bits per heavy atom. The summed E-state index contributed by atoms with van der Waals surface area (Å²) in [5.41, 5.74) is 0. The minimum Gasteiger partial charge on any atom is -0.312 e. The van der Waals surface area contributed by atoms with Crippen molar-refractivity contribution in [1.29, 1.82) is 0 Å². The molecule has 0 spiro atoms. The zero-order chi connectivity index (χ0) is 12.1. The monoisotopic (exact) mass is 238 g/mol. The van der Waals surface area contributed by atoms with Crippen LogP contribution in [-0.4, -0.2) is 36.1 Å². The molecule has 0 aliphatic carbocycles. The van der Waals surface area contributed by atoms with Crippen molar-refractivity contribution < 1.29 is 0 Å². The van der Waals surface area contributed by atoms with Gasteiger partial charge in [-0.3, -0.25) is 4.90 Å². The molecule has 2 heteroatoms. The standard InChI is InChI=1S/C15H30N2/c1-3-8-13(4-2)17-12-6-5-10-15(17)14-9-7-11-16-14/h13-16H,3-12H2,1-2H3. The molecule has 0 radical (unpaired) electrons. The minimum atomic E-state index is 0.793. The molecule has 2 rings (SSSR count). The summed E-state index contributed by atoms with van der Waals surface area (Å²) in [6, 6.07) is 2.47. The average Bonchev–Trinajstić information content (AvgIpc) is 2.90. The van der Waals surface area contributed by atoms with Crippen LogP contribution in [0.3, 0.4) is 0 Å². The number of nitrogens with one attached hydrogen (secondary N) is 1. The maximum atomic E-state index is 3.74. The van der Waals surface area contributed by atoms with Crippen LogP contribution in [0.2, 0.25) is 0 Å². The third-order valence-electron chi connectivity index (χ3n) is 4.72. The van der Waals surface area contributed by atoms with Gasteiger partial charge in [0.25, 0.3) is 0 Å². The van der Waals surface area contributed by atoms with E-state index in [0.717, 1.165) is 18.1 Å². The Labute approximate surface area is 107 Å². The molecule has 0 aromatic rings. The lowest BCUT2D eigenvalue weighted by molar-refractivity contribution is 0.0661. The predicted molar refractivity (Wildman–Crippen MR) is 74.4 cm³/mol. The van der Waals surface area contributed by atoms with Gasteiger partial charge in [-0.2, -0.15) is 0 Å². The van der Waals surface area contributed by atoms with Gasteiger partial charge in [0.15, 0.2) is 0 Å². The molecule has 1 N–H and O–H groups in total. The van der Waals surface area contributed by atoms with E-state index in [9.17, 15) is 0 Å². The van der Waals surface area contributed by atoms with Gasteiger partial charge in [-0.15, -0.1) is 0 Å². The van der Waals surface area contributed by atoms with Crippen molar-refractivity contribution in [3.63, 3.8) is 0 Å².